The van der Waals surface area contributed by atoms with Crippen LogP contribution in [0, 0.1) is 5.92 Å². The van der Waals surface area contributed by atoms with Gasteiger partial charge < -0.3 is 9.84 Å². The van der Waals surface area contributed by atoms with Crippen molar-refractivity contribution in [3.05, 3.63) is 70.7 Å². The summed E-state index contributed by atoms with van der Waals surface area (Å²) in [6, 6.07) is 16.5. The highest BCUT2D eigenvalue weighted by Gasteiger charge is 2.27. The van der Waals surface area contributed by atoms with Gasteiger partial charge in [0.25, 0.3) is 0 Å². The summed E-state index contributed by atoms with van der Waals surface area (Å²) < 4.78 is 5.63. The zero-order chi connectivity index (χ0) is 16.8. The first kappa shape index (κ1) is 17.7. The SMILES string of the molecule is C[C@H](OCc1ccccc1)C(=O)[C@@H](C)[C@H](O)c1ccc(Cl)cc1. The lowest BCUT2D eigenvalue weighted by Gasteiger charge is -2.22. The molecule has 0 heterocycles. The molecular weight excluding hydrogens is 312 g/mol. The van der Waals surface area contributed by atoms with Crippen molar-refractivity contribution in [3.8, 4) is 0 Å². The van der Waals surface area contributed by atoms with Crippen molar-refractivity contribution in [2.75, 3.05) is 0 Å². The molecule has 0 aliphatic carbocycles. The van der Waals surface area contributed by atoms with E-state index in [-0.39, 0.29) is 5.78 Å². The highest BCUT2D eigenvalue weighted by atomic mass is 35.5. The highest BCUT2D eigenvalue weighted by Crippen LogP contribution is 2.25. The van der Waals surface area contributed by atoms with Crippen LogP contribution in [0.1, 0.15) is 31.1 Å². The summed E-state index contributed by atoms with van der Waals surface area (Å²) in [5.41, 5.74) is 1.68. The average Bonchev–Trinajstić information content (AvgIpc) is 2.59. The smallest absolute Gasteiger partial charge is 0.166 e. The summed E-state index contributed by atoms with van der Waals surface area (Å²) in [5, 5.41) is 11.0. The van der Waals surface area contributed by atoms with Crippen LogP contribution < -0.4 is 0 Å². The Bertz CT molecular complexity index is 625. The minimum Gasteiger partial charge on any atom is -0.388 e. The number of ether oxygens (including phenoxy) is 1. The van der Waals surface area contributed by atoms with E-state index < -0.39 is 18.1 Å². The quantitative estimate of drug-likeness (QED) is 0.827. The van der Waals surface area contributed by atoms with Crippen molar-refractivity contribution in [2.24, 2.45) is 5.92 Å². The molecule has 0 bridgehead atoms. The van der Waals surface area contributed by atoms with E-state index >= 15 is 0 Å². The zero-order valence-electron chi connectivity index (χ0n) is 13.3. The molecule has 3 nitrogen and oxygen atoms in total. The standard InChI is InChI=1S/C19H21ClO3/c1-13(19(22)16-8-10-17(20)11-9-16)18(21)14(2)23-12-15-6-4-3-5-7-15/h3-11,13-14,19,22H,12H2,1-2H3/t13-,14+,19+/m1/s1. The molecule has 0 amide bonds. The third kappa shape index (κ3) is 4.90. The van der Waals surface area contributed by atoms with Crippen molar-refractivity contribution in [1.29, 1.82) is 0 Å². The van der Waals surface area contributed by atoms with E-state index in [9.17, 15) is 9.90 Å². The molecule has 0 saturated carbocycles. The lowest BCUT2D eigenvalue weighted by Crippen LogP contribution is -2.30. The van der Waals surface area contributed by atoms with Crippen LogP contribution in [0.15, 0.2) is 54.6 Å². The fourth-order valence-electron chi connectivity index (χ4n) is 2.35. The van der Waals surface area contributed by atoms with Crippen molar-refractivity contribution >= 4 is 17.4 Å². The van der Waals surface area contributed by atoms with Gasteiger partial charge in [-0.15, -0.1) is 0 Å². The van der Waals surface area contributed by atoms with Crippen LogP contribution in [0.3, 0.4) is 0 Å². The molecule has 4 heteroatoms. The second-order valence-electron chi connectivity index (χ2n) is 5.63. The Balaban J connectivity index is 1.93. The van der Waals surface area contributed by atoms with E-state index in [0.717, 1.165) is 5.56 Å². The molecule has 0 spiro atoms. The molecule has 1 N–H and O–H groups in total. The largest absolute Gasteiger partial charge is 0.388 e. The Morgan fingerprint density at radius 2 is 1.70 bits per heavy atom. The van der Waals surface area contributed by atoms with Crippen molar-refractivity contribution in [3.63, 3.8) is 0 Å². The topological polar surface area (TPSA) is 46.5 Å². The summed E-state index contributed by atoms with van der Waals surface area (Å²) in [5.74, 6) is -0.676. The number of carbonyl (C=O) groups is 1. The Hall–Kier alpha value is -1.68. The van der Waals surface area contributed by atoms with E-state index in [2.05, 4.69) is 0 Å². The Kier molecular flexibility index (Phi) is 6.34. The molecule has 0 unspecified atom stereocenters. The number of rotatable bonds is 7. The molecule has 0 radical (unpaired) electrons. The minimum absolute atomic E-state index is 0.122. The number of aliphatic hydroxyl groups is 1. The Morgan fingerprint density at radius 1 is 1.09 bits per heavy atom. The summed E-state index contributed by atoms with van der Waals surface area (Å²) in [6.45, 7) is 3.80. The number of halogens is 1. The monoisotopic (exact) mass is 332 g/mol. The normalized spacial score (nSPS) is 15.0. The van der Waals surface area contributed by atoms with E-state index in [1.165, 1.54) is 0 Å². The summed E-state index contributed by atoms with van der Waals surface area (Å²) in [7, 11) is 0. The minimum atomic E-state index is -0.873. The van der Waals surface area contributed by atoms with E-state index in [1.807, 2.05) is 30.3 Å². The molecule has 2 rings (SSSR count). The molecule has 2 aromatic carbocycles. The molecule has 23 heavy (non-hydrogen) atoms. The number of benzene rings is 2. The van der Waals surface area contributed by atoms with Crippen LogP contribution in [0.5, 0.6) is 0 Å². The predicted octanol–water partition coefficient (Wildman–Crippen LogP) is 4.18. The molecule has 0 aromatic heterocycles. The highest BCUT2D eigenvalue weighted by molar-refractivity contribution is 6.30. The third-order valence-corrected chi connectivity index (χ3v) is 4.13. The molecule has 0 saturated heterocycles. The maximum Gasteiger partial charge on any atom is 0.166 e. The second-order valence-corrected chi connectivity index (χ2v) is 6.06. The van der Waals surface area contributed by atoms with Crippen LogP contribution >= 0.6 is 11.6 Å². The fourth-order valence-corrected chi connectivity index (χ4v) is 2.48. The molecular formula is C19H21ClO3. The van der Waals surface area contributed by atoms with Gasteiger partial charge in [-0.25, -0.2) is 0 Å². The lowest BCUT2D eigenvalue weighted by molar-refractivity contribution is -0.137. The van der Waals surface area contributed by atoms with Gasteiger partial charge in [-0.05, 0) is 30.2 Å². The first-order valence-corrected chi connectivity index (χ1v) is 7.99. The van der Waals surface area contributed by atoms with Crippen LogP contribution in [0.25, 0.3) is 0 Å². The molecule has 3 atom stereocenters. The second kappa shape index (κ2) is 8.25. The van der Waals surface area contributed by atoms with E-state index in [0.29, 0.717) is 17.2 Å². The van der Waals surface area contributed by atoms with Gasteiger partial charge in [-0.1, -0.05) is 61.0 Å². The number of hydrogen-bond acceptors (Lipinski definition) is 3. The van der Waals surface area contributed by atoms with Crippen LogP contribution in [0.4, 0.5) is 0 Å². The Labute approximate surface area is 141 Å². The van der Waals surface area contributed by atoms with Gasteiger partial charge in [0.2, 0.25) is 0 Å². The van der Waals surface area contributed by atoms with Crippen molar-refractivity contribution < 1.29 is 14.6 Å². The van der Waals surface area contributed by atoms with Crippen molar-refractivity contribution in [1.82, 2.24) is 0 Å². The number of ketones is 1. The molecule has 122 valence electrons. The van der Waals surface area contributed by atoms with Gasteiger partial charge in [0, 0.05) is 10.9 Å². The zero-order valence-corrected chi connectivity index (χ0v) is 14.0. The van der Waals surface area contributed by atoms with Gasteiger partial charge in [-0.2, -0.15) is 0 Å². The van der Waals surface area contributed by atoms with E-state index in [4.69, 9.17) is 16.3 Å². The van der Waals surface area contributed by atoms with Gasteiger partial charge in [0.1, 0.15) is 6.10 Å². The van der Waals surface area contributed by atoms with Gasteiger partial charge in [-0.3, -0.25) is 4.79 Å². The first-order valence-electron chi connectivity index (χ1n) is 7.62. The Morgan fingerprint density at radius 3 is 2.30 bits per heavy atom. The number of Topliss-reactive ketones (excluding diaryl/α,β-unsaturated/α-hetero) is 1. The maximum atomic E-state index is 12.4. The van der Waals surface area contributed by atoms with Crippen LogP contribution in [0.2, 0.25) is 5.02 Å². The summed E-state index contributed by atoms with van der Waals surface area (Å²) >= 11 is 5.84. The third-order valence-electron chi connectivity index (χ3n) is 3.88. The molecule has 0 aliphatic rings. The average molecular weight is 333 g/mol. The number of aliphatic hydroxyl groups excluding tert-OH is 1. The van der Waals surface area contributed by atoms with Gasteiger partial charge >= 0.3 is 0 Å². The van der Waals surface area contributed by atoms with Gasteiger partial charge in [0.15, 0.2) is 5.78 Å². The lowest BCUT2D eigenvalue weighted by atomic mass is 9.91. The predicted molar refractivity (Wildman–Crippen MR) is 91.3 cm³/mol. The number of carbonyl (C=O) groups excluding carboxylic acids is 1. The first-order chi connectivity index (χ1) is 11.0. The molecule has 0 aliphatic heterocycles. The van der Waals surface area contributed by atoms with Crippen molar-refractivity contribution in [2.45, 2.75) is 32.7 Å². The van der Waals surface area contributed by atoms with Gasteiger partial charge in [0.05, 0.1) is 12.7 Å². The maximum absolute atomic E-state index is 12.4. The summed E-state index contributed by atoms with van der Waals surface area (Å²) in [6.07, 6.45) is -1.45. The fraction of sp³-hybridized carbons (Fsp3) is 0.316. The molecule has 2 aromatic rings. The van der Waals surface area contributed by atoms with E-state index in [1.54, 1.807) is 38.1 Å². The molecule has 0 fully saturated rings. The summed E-state index contributed by atoms with van der Waals surface area (Å²) in [4.78, 5) is 12.4. The van der Waals surface area contributed by atoms with Crippen LogP contribution in [-0.4, -0.2) is 17.0 Å². The number of hydrogen-bond donors (Lipinski definition) is 1. The van der Waals surface area contributed by atoms with Crippen LogP contribution in [-0.2, 0) is 16.1 Å².